The summed E-state index contributed by atoms with van der Waals surface area (Å²) in [6, 6.07) is 7.34. The first-order valence-electron chi connectivity index (χ1n) is 5.15. The van der Waals surface area contributed by atoms with Crippen LogP contribution in [0.1, 0.15) is 12.6 Å². The van der Waals surface area contributed by atoms with Crippen LogP contribution in [-0.2, 0) is 6.42 Å². The Morgan fingerprint density at radius 3 is 2.88 bits per heavy atom. The fraction of sp³-hybridized carbons (Fsp3) is 0.250. The van der Waals surface area contributed by atoms with Crippen LogP contribution in [0.4, 0.5) is 0 Å². The average molecular weight is 234 g/mol. The van der Waals surface area contributed by atoms with E-state index in [9.17, 15) is 5.11 Å². The van der Waals surface area contributed by atoms with Crippen LogP contribution in [0.5, 0.6) is 5.75 Å². The third kappa shape index (κ3) is 2.40. The lowest BCUT2D eigenvalue weighted by atomic mass is 10.2. The molecule has 84 valence electrons. The van der Waals surface area contributed by atoms with Crippen LogP contribution in [0, 0.1) is 0 Å². The van der Waals surface area contributed by atoms with E-state index >= 15 is 0 Å². The second-order valence-electron chi connectivity index (χ2n) is 3.84. The van der Waals surface area contributed by atoms with E-state index in [2.05, 4.69) is 4.98 Å². The van der Waals surface area contributed by atoms with Crippen molar-refractivity contribution in [1.29, 1.82) is 0 Å². The van der Waals surface area contributed by atoms with Gasteiger partial charge in [-0.2, -0.15) is 0 Å². The van der Waals surface area contributed by atoms with Crippen LogP contribution < -0.4 is 5.73 Å². The zero-order valence-corrected chi connectivity index (χ0v) is 9.87. The smallest absolute Gasteiger partial charge is 0.127 e. The molecule has 2 rings (SSSR count). The molecule has 0 radical (unpaired) electrons. The SMILES string of the molecule is CC(N)Cc1csc(-c2ccccc2O)n1. The molecule has 3 nitrogen and oxygen atoms in total. The third-order valence-corrected chi connectivity index (χ3v) is 3.14. The van der Waals surface area contributed by atoms with Gasteiger partial charge in [0.15, 0.2) is 0 Å². The first kappa shape index (κ1) is 11.1. The van der Waals surface area contributed by atoms with Gasteiger partial charge in [0.25, 0.3) is 0 Å². The largest absolute Gasteiger partial charge is 0.507 e. The summed E-state index contributed by atoms with van der Waals surface area (Å²) in [6.07, 6.45) is 0.768. The van der Waals surface area contributed by atoms with Crippen molar-refractivity contribution in [2.75, 3.05) is 0 Å². The van der Waals surface area contributed by atoms with E-state index in [1.807, 2.05) is 24.4 Å². The van der Waals surface area contributed by atoms with Crippen molar-refractivity contribution in [2.45, 2.75) is 19.4 Å². The minimum absolute atomic E-state index is 0.110. The summed E-state index contributed by atoms with van der Waals surface area (Å²) < 4.78 is 0. The van der Waals surface area contributed by atoms with E-state index in [1.165, 1.54) is 11.3 Å². The Kier molecular flexibility index (Phi) is 3.22. The third-order valence-electron chi connectivity index (χ3n) is 2.22. The summed E-state index contributed by atoms with van der Waals surface area (Å²) in [4.78, 5) is 4.46. The molecule has 1 aromatic heterocycles. The number of para-hydroxylation sites is 1. The van der Waals surface area contributed by atoms with E-state index in [-0.39, 0.29) is 11.8 Å². The maximum Gasteiger partial charge on any atom is 0.127 e. The number of aromatic nitrogens is 1. The van der Waals surface area contributed by atoms with E-state index in [0.717, 1.165) is 22.7 Å². The number of hydrogen-bond acceptors (Lipinski definition) is 4. The van der Waals surface area contributed by atoms with E-state index < -0.39 is 0 Å². The molecular formula is C12H14N2OS. The van der Waals surface area contributed by atoms with Gasteiger partial charge in [0, 0.05) is 17.8 Å². The summed E-state index contributed by atoms with van der Waals surface area (Å²) in [5.41, 5.74) is 7.48. The van der Waals surface area contributed by atoms with Gasteiger partial charge in [0.05, 0.1) is 11.3 Å². The lowest BCUT2D eigenvalue weighted by Crippen LogP contribution is -2.17. The molecule has 0 aliphatic carbocycles. The molecule has 0 aliphatic rings. The molecule has 1 aromatic carbocycles. The molecule has 0 fully saturated rings. The van der Waals surface area contributed by atoms with Gasteiger partial charge in [-0.25, -0.2) is 4.98 Å². The molecule has 0 aliphatic heterocycles. The van der Waals surface area contributed by atoms with Gasteiger partial charge in [-0.05, 0) is 19.1 Å². The van der Waals surface area contributed by atoms with E-state index in [4.69, 9.17) is 5.73 Å². The van der Waals surface area contributed by atoms with E-state index in [1.54, 1.807) is 12.1 Å². The van der Waals surface area contributed by atoms with Gasteiger partial charge in [-0.15, -0.1) is 11.3 Å². The summed E-state index contributed by atoms with van der Waals surface area (Å²) in [5, 5.41) is 12.5. The minimum Gasteiger partial charge on any atom is -0.507 e. The molecule has 1 atom stereocenters. The zero-order valence-electron chi connectivity index (χ0n) is 9.05. The van der Waals surface area contributed by atoms with Gasteiger partial charge < -0.3 is 10.8 Å². The molecule has 1 unspecified atom stereocenters. The molecule has 0 saturated carbocycles. The van der Waals surface area contributed by atoms with Gasteiger partial charge in [0.1, 0.15) is 10.8 Å². The number of hydrogen-bond donors (Lipinski definition) is 2. The van der Waals surface area contributed by atoms with Crippen LogP contribution in [0.3, 0.4) is 0 Å². The van der Waals surface area contributed by atoms with Crippen molar-refractivity contribution in [3.05, 3.63) is 35.3 Å². The lowest BCUT2D eigenvalue weighted by molar-refractivity contribution is 0.477. The maximum atomic E-state index is 9.70. The lowest BCUT2D eigenvalue weighted by Gasteiger charge is -2.01. The average Bonchev–Trinajstić information content (AvgIpc) is 2.66. The summed E-state index contributed by atoms with van der Waals surface area (Å²) in [7, 11) is 0. The molecule has 2 aromatic rings. The summed E-state index contributed by atoms with van der Waals surface area (Å²) in [6.45, 7) is 1.96. The molecule has 0 amide bonds. The Balaban J connectivity index is 2.28. The Morgan fingerprint density at radius 2 is 2.19 bits per heavy atom. The second kappa shape index (κ2) is 4.63. The molecule has 4 heteroatoms. The fourth-order valence-corrected chi connectivity index (χ4v) is 2.37. The number of thiazole rings is 1. The molecular weight excluding hydrogens is 220 g/mol. The number of rotatable bonds is 3. The summed E-state index contributed by atoms with van der Waals surface area (Å²) >= 11 is 1.53. The van der Waals surface area contributed by atoms with Crippen molar-refractivity contribution in [3.8, 4) is 16.3 Å². The number of phenols is 1. The maximum absolute atomic E-state index is 9.70. The standard InChI is InChI=1S/C12H14N2OS/c1-8(13)6-9-7-16-12(14-9)10-4-2-3-5-11(10)15/h2-5,7-8,15H,6,13H2,1H3. The highest BCUT2D eigenvalue weighted by atomic mass is 32.1. The van der Waals surface area contributed by atoms with Gasteiger partial charge in [0.2, 0.25) is 0 Å². The van der Waals surface area contributed by atoms with Gasteiger partial charge in [-0.1, -0.05) is 12.1 Å². The number of benzene rings is 1. The summed E-state index contributed by atoms with van der Waals surface area (Å²) in [5.74, 6) is 0.268. The highest BCUT2D eigenvalue weighted by Crippen LogP contribution is 2.31. The Hall–Kier alpha value is -1.39. The molecule has 0 bridgehead atoms. The number of nitrogens with zero attached hydrogens (tertiary/aromatic N) is 1. The highest BCUT2D eigenvalue weighted by molar-refractivity contribution is 7.13. The fourth-order valence-electron chi connectivity index (χ4n) is 1.51. The number of phenolic OH excluding ortho intramolecular Hbond substituents is 1. The second-order valence-corrected chi connectivity index (χ2v) is 4.70. The van der Waals surface area contributed by atoms with Crippen LogP contribution in [0.15, 0.2) is 29.6 Å². The predicted molar refractivity (Wildman–Crippen MR) is 66.6 cm³/mol. The number of nitrogens with two attached hydrogens (primary N) is 1. The van der Waals surface area contributed by atoms with Crippen molar-refractivity contribution < 1.29 is 5.11 Å². The monoisotopic (exact) mass is 234 g/mol. The molecule has 0 saturated heterocycles. The Labute approximate surface area is 98.6 Å². The van der Waals surface area contributed by atoms with Crippen LogP contribution in [0.2, 0.25) is 0 Å². The van der Waals surface area contributed by atoms with Crippen LogP contribution >= 0.6 is 11.3 Å². The molecule has 3 N–H and O–H groups in total. The molecule has 0 spiro atoms. The minimum atomic E-state index is 0.110. The van der Waals surface area contributed by atoms with Crippen LogP contribution in [0.25, 0.3) is 10.6 Å². The molecule has 1 heterocycles. The quantitative estimate of drug-likeness (QED) is 0.857. The normalized spacial score (nSPS) is 12.6. The number of aromatic hydroxyl groups is 1. The van der Waals surface area contributed by atoms with Crippen molar-refractivity contribution >= 4 is 11.3 Å². The zero-order chi connectivity index (χ0) is 11.5. The molecule has 16 heavy (non-hydrogen) atoms. The van der Waals surface area contributed by atoms with E-state index in [0.29, 0.717) is 0 Å². The predicted octanol–water partition coefficient (Wildman–Crippen LogP) is 2.41. The van der Waals surface area contributed by atoms with Crippen molar-refractivity contribution in [2.24, 2.45) is 5.73 Å². The van der Waals surface area contributed by atoms with Gasteiger partial charge in [-0.3, -0.25) is 0 Å². The first-order valence-corrected chi connectivity index (χ1v) is 6.03. The van der Waals surface area contributed by atoms with Crippen molar-refractivity contribution in [1.82, 2.24) is 4.98 Å². The first-order chi connectivity index (χ1) is 7.66. The van der Waals surface area contributed by atoms with Gasteiger partial charge >= 0.3 is 0 Å². The Bertz CT molecular complexity index is 479. The topological polar surface area (TPSA) is 59.1 Å². The Morgan fingerprint density at radius 1 is 1.44 bits per heavy atom. The highest BCUT2D eigenvalue weighted by Gasteiger charge is 2.09. The van der Waals surface area contributed by atoms with Crippen LogP contribution in [-0.4, -0.2) is 16.1 Å². The van der Waals surface area contributed by atoms with Crippen molar-refractivity contribution in [3.63, 3.8) is 0 Å².